The molecule has 0 fully saturated rings. The summed E-state index contributed by atoms with van der Waals surface area (Å²) in [6.45, 7) is 4.24. The van der Waals surface area contributed by atoms with Crippen LogP contribution in [0.3, 0.4) is 0 Å². The van der Waals surface area contributed by atoms with Gasteiger partial charge in [-0.05, 0) is 41.8 Å². The lowest BCUT2D eigenvalue weighted by Crippen LogP contribution is -2.25. The number of aromatic amines is 2. The van der Waals surface area contributed by atoms with Gasteiger partial charge in [-0.25, -0.2) is 4.98 Å². The van der Waals surface area contributed by atoms with Crippen LogP contribution >= 0.6 is 0 Å². The molecule has 0 atom stereocenters. The van der Waals surface area contributed by atoms with E-state index < -0.39 is 0 Å². The maximum Gasteiger partial charge on any atom is 0.258 e. The Kier molecular flexibility index (Phi) is 5.22. The van der Waals surface area contributed by atoms with Gasteiger partial charge in [-0.3, -0.25) is 9.69 Å². The van der Waals surface area contributed by atoms with Crippen LogP contribution in [0, 0.1) is 0 Å². The topological polar surface area (TPSA) is 83.2 Å². The summed E-state index contributed by atoms with van der Waals surface area (Å²) in [5.41, 5.74) is 2.75. The van der Waals surface area contributed by atoms with Crippen molar-refractivity contribution in [3.05, 3.63) is 64.3 Å². The first-order valence-corrected chi connectivity index (χ1v) is 9.54. The molecule has 0 bridgehead atoms. The van der Waals surface area contributed by atoms with E-state index in [-0.39, 0.29) is 5.56 Å². The lowest BCUT2D eigenvalue weighted by atomic mass is 10.1. The Morgan fingerprint density at radius 1 is 1.03 bits per heavy atom. The number of H-pyrrole nitrogens is 2. The van der Waals surface area contributed by atoms with Crippen molar-refractivity contribution in [3.8, 4) is 11.5 Å². The number of methoxy groups -OCH3 is 2. The Morgan fingerprint density at radius 3 is 2.59 bits per heavy atom. The third-order valence-electron chi connectivity index (χ3n) is 5.10. The standard InChI is InChI=1S/C22H24N4O3/c1-4-26(12-14-5-6-17-15(9-14)7-8-23-17)13-21-24-18-11-20(29-3)19(28-2)10-16(18)22(27)25-21/h5-11,23H,4,12-13H2,1-3H3,(H,24,25,27). The third-order valence-corrected chi connectivity index (χ3v) is 5.10. The molecule has 0 amide bonds. The summed E-state index contributed by atoms with van der Waals surface area (Å²) in [6, 6.07) is 11.9. The van der Waals surface area contributed by atoms with Gasteiger partial charge in [-0.2, -0.15) is 0 Å². The molecular weight excluding hydrogens is 368 g/mol. The van der Waals surface area contributed by atoms with Gasteiger partial charge in [-0.1, -0.05) is 13.0 Å². The van der Waals surface area contributed by atoms with E-state index in [0.717, 1.165) is 18.6 Å². The molecule has 29 heavy (non-hydrogen) atoms. The lowest BCUT2D eigenvalue weighted by molar-refractivity contribution is 0.264. The Labute approximate surface area is 168 Å². The molecule has 150 valence electrons. The number of rotatable bonds is 7. The molecule has 0 radical (unpaired) electrons. The van der Waals surface area contributed by atoms with Gasteiger partial charge in [-0.15, -0.1) is 0 Å². The highest BCUT2D eigenvalue weighted by atomic mass is 16.5. The normalized spacial score (nSPS) is 11.4. The number of nitrogens with one attached hydrogen (secondary N) is 2. The first-order valence-electron chi connectivity index (χ1n) is 9.54. The minimum absolute atomic E-state index is 0.184. The summed E-state index contributed by atoms with van der Waals surface area (Å²) in [7, 11) is 3.11. The van der Waals surface area contributed by atoms with Crippen LogP contribution in [-0.4, -0.2) is 40.6 Å². The van der Waals surface area contributed by atoms with Gasteiger partial charge in [0.15, 0.2) is 11.5 Å². The summed E-state index contributed by atoms with van der Waals surface area (Å²) >= 11 is 0. The van der Waals surface area contributed by atoms with E-state index in [9.17, 15) is 4.79 Å². The molecular formula is C22H24N4O3. The fourth-order valence-corrected chi connectivity index (χ4v) is 3.54. The van der Waals surface area contributed by atoms with Crippen LogP contribution in [0.25, 0.3) is 21.8 Å². The lowest BCUT2D eigenvalue weighted by Gasteiger charge is -2.20. The van der Waals surface area contributed by atoms with E-state index in [4.69, 9.17) is 9.47 Å². The van der Waals surface area contributed by atoms with Crippen molar-refractivity contribution in [1.82, 2.24) is 19.9 Å². The van der Waals surface area contributed by atoms with Crippen molar-refractivity contribution in [2.75, 3.05) is 20.8 Å². The van der Waals surface area contributed by atoms with E-state index in [2.05, 4.69) is 51.0 Å². The molecule has 2 N–H and O–H groups in total. The molecule has 0 aliphatic carbocycles. The number of hydrogen-bond acceptors (Lipinski definition) is 5. The molecule has 4 rings (SSSR count). The van der Waals surface area contributed by atoms with Crippen LogP contribution in [0.1, 0.15) is 18.3 Å². The maximum atomic E-state index is 12.6. The second-order valence-corrected chi connectivity index (χ2v) is 6.94. The number of fused-ring (bicyclic) bond motifs is 2. The van der Waals surface area contributed by atoms with Crippen LogP contribution in [0.2, 0.25) is 0 Å². The molecule has 7 nitrogen and oxygen atoms in total. The molecule has 2 aromatic carbocycles. The molecule has 4 aromatic rings. The average Bonchev–Trinajstić information content (AvgIpc) is 3.20. The van der Waals surface area contributed by atoms with Crippen LogP contribution in [0.15, 0.2) is 47.4 Å². The summed E-state index contributed by atoms with van der Waals surface area (Å²) in [5.74, 6) is 1.69. The minimum atomic E-state index is -0.184. The van der Waals surface area contributed by atoms with Crippen LogP contribution < -0.4 is 15.0 Å². The van der Waals surface area contributed by atoms with Gasteiger partial charge < -0.3 is 19.4 Å². The Bertz CT molecular complexity index is 1210. The summed E-state index contributed by atoms with van der Waals surface area (Å²) in [4.78, 5) is 25.6. The number of nitrogens with zero attached hydrogens (tertiary/aromatic N) is 2. The van der Waals surface area contributed by atoms with Gasteiger partial charge in [0.1, 0.15) is 5.82 Å². The van der Waals surface area contributed by atoms with E-state index in [1.54, 1.807) is 26.4 Å². The fraction of sp³-hybridized carbons (Fsp3) is 0.273. The van der Waals surface area contributed by atoms with Gasteiger partial charge in [0.05, 0.1) is 31.7 Å². The van der Waals surface area contributed by atoms with Gasteiger partial charge in [0, 0.05) is 24.3 Å². The van der Waals surface area contributed by atoms with Crippen molar-refractivity contribution in [3.63, 3.8) is 0 Å². The largest absolute Gasteiger partial charge is 0.493 e. The Balaban J connectivity index is 1.61. The molecule has 0 aliphatic rings. The van der Waals surface area contributed by atoms with E-state index >= 15 is 0 Å². The monoisotopic (exact) mass is 392 g/mol. The highest BCUT2D eigenvalue weighted by molar-refractivity contribution is 5.82. The van der Waals surface area contributed by atoms with Crippen LogP contribution in [0.5, 0.6) is 11.5 Å². The molecule has 0 spiro atoms. The van der Waals surface area contributed by atoms with E-state index in [0.29, 0.717) is 34.8 Å². The summed E-state index contributed by atoms with van der Waals surface area (Å²) in [5, 5.41) is 1.67. The number of ether oxygens (including phenoxy) is 2. The highest BCUT2D eigenvalue weighted by Crippen LogP contribution is 2.30. The molecule has 0 aliphatic heterocycles. The van der Waals surface area contributed by atoms with Crippen molar-refractivity contribution in [2.45, 2.75) is 20.0 Å². The van der Waals surface area contributed by atoms with E-state index in [1.807, 2.05) is 6.20 Å². The molecule has 2 heterocycles. The first kappa shape index (κ1) is 19.0. The summed E-state index contributed by atoms with van der Waals surface area (Å²) in [6.07, 6.45) is 1.94. The van der Waals surface area contributed by atoms with Gasteiger partial charge in [0.2, 0.25) is 0 Å². The molecule has 0 saturated carbocycles. The van der Waals surface area contributed by atoms with E-state index in [1.165, 1.54) is 10.9 Å². The zero-order chi connectivity index (χ0) is 20.4. The first-order chi connectivity index (χ1) is 14.1. The van der Waals surface area contributed by atoms with Crippen molar-refractivity contribution in [1.29, 1.82) is 0 Å². The second kappa shape index (κ2) is 7.97. The maximum absolute atomic E-state index is 12.6. The van der Waals surface area contributed by atoms with Crippen molar-refractivity contribution in [2.24, 2.45) is 0 Å². The summed E-state index contributed by atoms with van der Waals surface area (Å²) < 4.78 is 10.6. The van der Waals surface area contributed by atoms with Crippen LogP contribution in [-0.2, 0) is 13.1 Å². The average molecular weight is 392 g/mol. The fourth-order valence-electron chi connectivity index (χ4n) is 3.54. The minimum Gasteiger partial charge on any atom is -0.493 e. The van der Waals surface area contributed by atoms with Gasteiger partial charge >= 0.3 is 0 Å². The zero-order valence-corrected chi connectivity index (χ0v) is 16.8. The third kappa shape index (κ3) is 3.82. The SMILES string of the molecule is CCN(Cc1ccc2[nH]ccc2c1)Cc1nc2cc(OC)c(OC)cc2c(=O)[nH]1. The van der Waals surface area contributed by atoms with Gasteiger partial charge in [0.25, 0.3) is 5.56 Å². The van der Waals surface area contributed by atoms with Crippen LogP contribution in [0.4, 0.5) is 0 Å². The smallest absolute Gasteiger partial charge is 0.258 e. The Morgan fingerprint density at radius 2 is 1.83 bits per heavy atom. The molecule has 2 aromatic heterocycles. The predicted octanol–water partition coefficient (Wildman–Crippen LogP) is 3.44. The Hall–Kier alpha value is -3.32. The second-order valence-electron chi connectivity index (χ2n) is 6.94. The number of benzene rings is 2. The zero-order valence-electron chi connectivity index (χ0n) is 16.8. The number of aromatic nitrogens is 3. The molecule has 7 heteroatoms. The van der Waals surface area contributed by atoms with Crippen molar-refractivity contribution >= 4 is 21.8 Å². The molecule has 0 unspecified atom stereocenters. The molecule has 0 saturated heterocycles. The quantitative estimate of drug-likeness (QED) is 0.503. The number of hydrogen-bond donors (Lipinski definition) is 2. The highest BCUT2D eigenvalue weighted by Gasteiger charge is 2.13. The predicted molar refractivity (Wildman–Crippen MR) is 114 cm³/mol. The van der Waals surface area contributed by atoms with Crippen molar-refractivity contribution < 1.29 is 9.47 Å².